The molecule has 0 amide bonds. The van der Waals surface area contributed by atoms with Gasteiger partial charge in [-0.3, -0.25) is 4.79 Å². The number of ether oxygens (including phenoxy) is 2. The van der Waals surface area contributed by atoms with Gasteiger partial charge in [-0.05, 0) is 18.2 Å². The predicted molar refractivity (Wildman–Crippen MR) is 108 cm³/mol. The Morgan fingerprint density at radius 2 is 1.85 bits per heavy atom. The molecule has 0 saturated heterocycles. The molecule has 9 heteroatoms. The van der Waals surface area contributed by atoms with Crippen LogP contribution in [0.25, 0.3) is 32.5 Å². The van der Waals surface area contributed by atoms with Crippen LogP contribution in [0.5, 0.6) is 11.5 Å². The van der Waals surface area contributed by atoms with Gasteiger partial charge in [0.2, 0.25) is 0 Å². The van der Waals surface area contributed by atoms with Crippen molar-refractivity contribution in [2.24, 2.45) is 0 Å². The van der Waals surface area contributed by atoms with E-state index in [1.165, 1.54) is 11.3 Å². The molecular formula is C18H17N5O3S. The number of hydrogen-bond acceptors (Lipinski definition) is 8. The van der Waals surface area contributed by atoms with Crippen molar-refractivity contribution in [3.63, 3.8) is 0 Å². The molecule has 138 valence electrons. The number of aromatic nitrogens is 3. The van der Waals surface area contributed by atoms with Crippen LogP contribution in [0.3, 0.4) is 0 Å². The van der Waals surface area contributed by atoms with Crippen molar-refractivity contribution in [3.8, 4) is 22.9 Å². The highest BCUT2D eigenvalue weighted by atomic mass is 32.1. The first-order chi connectivity index (χ1) is 13.0. The van der Waals surface area contributed by atoms with Gasteiger partial charge in [0.25, 0.3) is 5.56 Å². The number of benzene rings is 2. The Morgan fingerprint density at radius 3 is 2.56 bits per heavy atom. The number of fused-ring (bicyclic) bond motifs is 3. The van der Waals surface area contributed by atoms with E-state index >= 15 is 0 Å². The topological polar surface area (TPSA) is 115 Å². The van der Waals surface area contributed by atoms with Crippen molar-refractivity contribution in [3.05, 3.63) is 34.6 Å². The fraction of sp³-hybridized carbons (Fsp3) is 0.167. The second-order valence-electron chi connectivity index (χ2n) is 5.78. The molecule has 0 bridgehead atoms. The Kier molecular flexibility index (Phi) is 4.08. The molecule has 8 nitrogen and oxygen atoms in total. The Bertz CT molecular complexity index is 1230. The standard InChI is InChI=1S/C18H17N5O3S/c1-20-11-7-12(25-2)8(6-13(11)26-3)16-21-9-4-5-10-15(27-18(19)22-10)14(9)17(24)23-16/h4-7,20H,1-3H3,(H2,19,22)(H,21,23,24). The Morgan fingerprint density at radius 1 is 1.11 bits per heavy atom. The quantitative estimate of drug-likeness (QED) is 0.496. The van der Waals surface area contributed by atoms with Crippen LogP contribution in [-0.2, 0) is 0 Å². The van der Waals surface area contributed by atoms with Gasteiger partial charge < -0.3 is 25.5 Å². The van der Waals surface area contributed by atoms with Gasteiger partial charge in [-0.15, -0.1) is 0 Å². The highest BCUT2D eigenvalue weighted by Crippen LogP contribution is 2.38. The molecule has 4 aromatic rings. The van der Waals surface area contributed by atoms with Crippen molar-refractivity contribution >= 4 is 43.3 Å². The average molecular weight is 383 g/mol. The molecule has 2 aromatic heterocycles. The van der Waals surface area contributed by atoms with Crippen molar-refractivity contribution in [2.45, 2.75) is 0 Å². The van der Waals surface area contributed by atoms with Crippen molar-refractivity contribution in [1.82, 2.24) is 15.0 Å². The van der Waals surface area contributed by atoms with E-state index < -0.39 is 0 Å². The van der Waals surface area contributed by atoms with Crippen LogP contribution in [0, 0.1) is 0 Å². The summed E-state index contributed by atoms with van der Waals surface area (Å²) in [4.78, 5) is 24.5. The zero-order valence-electron chi connectivity index (χ0n) is 14.9. The normalized spacial score (nSPS) is 11.1. The lowest BCUT2D eigenvalue weighted by Gasteiger charge is -2.14. The summed E-state index contributed by atoms with van der Waals surface area (Å²) in [5.74, 6) is 1.56. The van der Waals surface area contributed by atoms with E-state index in [-0.39, 0.29) is 5.56 Å². The van der Waals surface area contributed by atoms with Crippen molar-refractivity contribution in [1.29, 1.82) is 0 Å². The molecule has 0 unspecified atom stereocenters. The average Bonchev–Trinajstić information content (AvgIpc) is 3.06. The summed E-state index contributed by atoms with van der Waals surface area (Å²) < 4.78 is 11.6. The first-order valence-electron chi connectivity index (χ1n) is 8.09. The first kappa shape index (κ1) is 17.1. The van der Waals surface area contributed by atoms with Gasteiger partial charge >= 0.3 is 0 Å². The highest BCUT2D eigenvalue weighted by molar-refractivity contribution is 7.22. The Balaban J connectivity index is 2.00. The largest absolute Gasteiger partial charge is 0.496 e. The SMILES string of the molecule is CNc1cc(OC)c(-c2nc3ccc4nc(N)sc4c3c(=O)[nH]2)cc1OC. The lowest BCUT2D eigenvalue weighted by atomic mass is 10.1. The Hall–Kier alpha value is -3.33. The number of anilines is 2. The van der Waals surface area contributed by atoms with Crippen LogP contribution < -0.4 is 26.1 Å². The van der Waals surface area contributed by atoms with E-state index in [0.717, 1.165) is 10.4 Å². The maximum Gasteiger partial charge on any atom is 0.260 e. The molecule has 2 aromatic carbocycles. The third kappa shape index (κ3) is 2.72. The molecule has 27 heavy (non-hydrogen) atoms. The van der Waals surface area contributed by atoms with Crippen molar-refractivity contribution in [2.75, 3.05) is 32.3 Å². The smallest absolute Gasteiger partial charge is 0.260 e. The van der Waals surface area contributed by atoms with E-state index in [9.17, 15) is 4.79 Å². The summed E-state index contributed by atoms with van der Waals surface area (Å²) in [6.45, 7) is 0. The third-order valence-electron chi connectivity index (χ3n) is 4.29. The first-order valence-corrected chi connectivity index (χ1v) is 8.90. The molecule has 0 radical (unpaired) electrons. The number of methoxy groups -OCH3 is 2. The summed E-state index contributed by atoms with van der Waals surface area (Å²) in [5.41, 5.74) is 8.16. The highest BCUT2D eigenvalue weighted by Gasteiger charge is 2.17. The molecule has 0 atom stereocenters. The summed E-state index contributed by atoms with van der Waals surface area (Å²) in [7, 11) is 4.93. The second-order valence-corrected chi connectivity index (χ2v) is 6.81. The van der Waals surface area contributed by atoms with E-state index in [1.54, 1.807) is 39.5 Å². The zero-order valence-corrected chi connectivity index (χ0v) is 15.7. The molecule has 4 rings (SSSR count). The van der Waals surface area contributed by atoms with E-state index in [2.05, 4.69) is 20.3 Å². The van der Waals surface area contributed by atoms with Gasteiger partial charge in [0.15, 0.2) is 5.13 Å². The molecule has 0 aliphatic heterocycles. The third-order valence-corrected chi connectivity index (χ3v) is 5.21. The molecule has 0 spiro atoms. The fourth-order valence-electron chi connectivity index (χ4n) is 3.04. The van der Waals surface area contributed by atoms with Gasteiger partial charge in [-0.25, -0.2) is 9.97 Å². The van der Waals surface area contributed by atoms with Crippen LogP contribution in [0.2, 0.25) is 0 Å². The van der Waals surface area contributed by atoms with Crippen LogP contribution in [0.1, 0.15) is 0 Å². The summed E-state index contributed by atoms with van der Waals surface area (Å²) in [6, 6.07) is 7.15. The molecule has 2 heterocycles. The van der Waals surface area contributed by atoms with Crippen LogP contribution in [0.15, 0.2) is 29.1 Å². The number of nitrogens with zero attached hydrogens (tertiary/aromatic N) is 2. The summed E-state index contributed by atoms with van der Waals surface area (Å²) >= 11 is 1.27. The molecule has 0 aliphatic carbocycles. The maximum atomic E-state index is 12.8. The lowest BCUT2D eigenvalue weighted by molar-refractivity contribution is 0.406. The van der Waals surface area contributed by atoms with Gasteiger partial charge in [0.1, 0.15) is 17.3 Å². The minimum Gasteiger partial charge on any atom is -0.496 e. The molecular weight excluding hydrogens is 366 g/mol. The van der Waals surface area contributed by atoms with Crippen LogP contribution >= 0.6 is 11.3 Å². The lowest BCUT2D eigenvalue weighted by Crippen LogP contribution is -2.10. The van der Waals surface area contributed by atoms with E-state index in [4.69, 9.17) is 15.2 Å². The van der Waals surface area contributed by atoms with Gasteiger partial charge in [-0.1, -0.05) is 11.3 Å². The minimum absolute atomic E-state index is 0.261. The number of nitrogen functional groups attached to an aromatic ring is 1. The zero-order chi connectivity index (χ0) is 19.1. The number of rotatable bonds is 4. The van der Waals surface area contributed by atoms with Gasteiger partial charge in [0, 0.05) is 13.1 Å². The minimum atomic E-state index is -0.261. The number of H-pyrrole nitrogens is 1. The number of nitrogens with two attached hydrogens (primary N) is 1. The monoisotopic (exact) mass is 383 g/mol. The number of aromatic amines is 1. The Labute approximate surface area is 158 Å². The van der Waals surface area contributed by atoms with E-state index in [1.807, 2.05) is 6.07 Å². The van der Waals surface area contributed by atoms with Gasteiger partial charge in [0.05, 0.1) is 46.6 Å². The van der Waals surface area contributed by atoms with Gasteiger partial charge in [-0.2, -0.15) is 0 Å². The molecule has 0 fully saturated rings. The second kappa shape index (κ2) is 6.44. The fourth-order valence-corrected chi connectivity index (χ4v) is 3.91. The molecule has 4 N–H and O–H groups in total. The number of thiazole rings is 1. The predicted octanol–water partition coefficient (Wildman–Crippen LogP) is 2.84. The maximum absolute atomic E-state index is 12.8. The van der Waals surface area contributed by atoms with Crippen LogP contribution in [-0.4, -0.2) is 36.2 Å². The van der Waals surface area contributed by atoms with Crippen LogP contribution in [0.4, 0.5) is 10.8 Å². The number of hydrogen-bond donors (Lipinski definition) is 3. The van der Waals surface area contributed by atoms with E-state index in [0.29, 0.717) is 44.4 Å². The molecule has 0 saturated carbocycles. The summed E-state index contributed by atoms with van der Waals surface area (Å²) in [5, 5.41) is 3.94. The summed E-state index contributed by atoms with van der Waals surface area (Å²) in [6.07, 6.45) is 0. The number of nitrogens with one attached hydrogen (secondary N) is 2. The van der Waals surface area contributed by atoms with Crippen molar-refractivity contribution < 1.29 is 9.47 Å². The molecule has 0 aliphatic rings.